The van der Waals surface area contributed by atoms with Gasteiger partial charge in [0.15, 0.2) is 0 Å². The molecular formula is C17H19N5O2S. The largest absolute Gasteiger partial charge is 0.490 e. The number of piperidine rings is 1. The van der Waals surface area contributed by atoms with Crippen molar-refractivity contribution >= 4 is 33.3 Å². The van der Waals surface area contributed by atoms with Crippen LogP contribution >= 0.6 is 11.3 Å². The maximum atomic E-state index is 11.2. The fourth-order valence-corrected chi connectivity index (χ4v) is 3.87. The zero-order chi connectivity index (χ0) is 17.2. The first kappa shape index (κ1) is 15.9. The van der Waals surface area contributed by atoms with Crippen molar-refractivity contribution in [2.75, 3.05) is 18.0 Å². The van der Waals surface area contributed by atoms with Gasteiger partial charge in [0, 0.05) is 37.5 Å². The number of benzene rings is 1. The molecule has 2 aromatic heterocycles. The SMILES string of the molecule is NC(=O)Cn1ccc2c(OC3CCN(c4nncs4)CC3)cccc21. The van der Waals surface area contributed by atoms with Crippen molar-refractivity contribution in [1.82, 2.24) is 14.8 Å². The van der Waals surface area contributed by atoms with Crippen LogP contribution in [-0.4, -0.2) is 39.9 Å². The number of amides is 1. The fourth-order valence-electron chi connectivity index (χ4n) is 3.25. The van der Waals surface area contributed by atoms with Gasteiger partial charge >= 0.3 is 0 Å². The molecule has 3 heterocycles. The molecule has 3 aromatic rings. The Morgan fingerprint density at radius 3 is 2.88 bits per heavy atom. The second-order valence-corrected chi connectivity index (χ2v) is 6.94. The van der Waals surface area contributed by atoms with E-state index in [1.54, 1.807) is 16.8 Å². The fraction of sp³-hybridized carbons (Fsp3) is 0.353. The van der Waals surface area contributed by atoms with Crippen molar-refractivity contribution in [1.29, 1.82) is 0 Å². The minimum absolute atomic E-state index is 0.174. The van der Waals surface area contributed by atoms with Gasteiger partial charge in [-0.15, -0.1) is 10.2 Å². The minimum Gasteiger partial charge on any atom is -0.490 e. The van der Waals surface area contributed by atoms with E-state index in [2.05, 4.69) is 15.1 Å². The van der Waals surface area contributed by atoms with Gasteiger partial charge in [-0.3, -0.25) is 4.79 Å². The summed E-state index contributed by atoms with van der Waals surface area (Å²) in [6, 6.07) is 7.88. The predicted molar refractivity (Wildman–Crippen MR) is 96.9 cm³/mol. The van der Waals surface area contributed by atoms with Crippen LogP contribution in [0.4, 0.5) is 5.13 Å². The van der Waals surface area contributed by atoms with Crippen molar-refractivity contribution in [3.05, 3.63) is 36.0 Å². The molecule has 0 atom stereocenters. The van der Waals surface area contributed by atoms with E-state index in [1.165, 1.54) is 0 Å². The third-order valence-corrected chi connectivity index (χ3v) is 5.20. The molecule has 1 fully saturated rings. The van der Waals surface area contributed by atoms with Gasteiger partial charge in [0.05, 0.1) is 5.52 Å². The molecule has 0 bridgehead atoms. The van der Waals surface area contributed by atoms with E-state index >= 15 is 0 Å². The van der Waals surface area contributed by atoms with E-state index in [1.807, 2.05) is 35.0 Å². The van der Waals surface area contributed by atoms with E-state index in [4.69, 9.17) is 10.5 Å². The van der Waals surface area contributed by atoms with Crippen LogP contribution in [0.5, 0.6) is 5.75 Å². The number of hydrogen-bond acceptors (Lipinski definition) is 6. The summed E-state index contributed by atoms with van der Waals surface area (Å²) in [6.07, 6.45) is 3.94. The number of aromatic nitrogens is 3. The van der Waals surface area contributed by atoms with Gasteiger partial charge in [-0.2, -0.15) is 0 Å². The Morgan fingerprint density at radius 1 is 1.32 bits per heavy atom. The van der Waals surface area contributed by atoms with Crippen molar-refractivity contribution in [3.8, 4) is 5.75 Å². The maximum Gasteiger partial charge on any atom is 0.237 e. The highest BCUT2D eigenvalue weighted by atomic mass is 32.1. The highest BCUT2D eigenvalue weighted by Crippen LogP contribution is 2.30. The van der Waals surface area contributed by atoms with Crippen LogP contribution in [0.1, 0.15) is 12.8 Å². The van der Waals surface area contributed by atoms with Crippen LogP contribution in [0.3, 0.4) is 0 Å². The molecule has 1 aliphatic rings. The molecule has 0 unspecified atom stereocenters. The van der Waals surface area contributed by atoms with Crippen molar-refractivity contribution < 1.29 is 9.53 Å². The summed E-state index contributed by atoms with van der Waals surface area (Å²) in [5, 5.41) is 10.0. The lowest BCUT2D eigenvalue weighted by molar-refractivity contribution is -0.118. The smallest absolute Gasteiger partial charge is 0.237 e. The second kappa shape index (κ2) is 6.72. The summed E-state index contributed by atoms with van der Waals surface area (Å²) < 4.78 is 8.11. The number of primary amides is 1. The topological polar surface area (TPSA) is 86.3 Å². The number of carbonyl (C=O) groups is 1. The lowest BCUT2D eigenvalue weighted by Crippen LogP contribution is -2.38. The first-order valence-electron chi connectivity index (χ1n) is 8.24. The molecule has 0 spiro atoms. The zero-order valence-electron chi connectivity index (χ0n) is 13.7. The zero-order valence-corrected chi connectivity index (χ0v) is 14.5. The normalized spacial score (nSPS) is 15.6. The maximum absolute atomic E-state index is 11.2. The van der Waals surface area contributed by atoms with Gasteiger partial charge in [-0.1, -0.05) is 17.4 Å². The molecule has 8 heteroatoms. The minimum atomic E-state index is -0.354. The van der Waals surface area contributed by atoms with Crippen LogP contribution in [0.15, 0.2) is 36.0 Å². The van der Waals surface area contributed by atoms with Gasteiger partial charge in [0.2, 0.25) is 11.0 Å². The van der Waals surface area contributed by atoms with Gasteiger partial charge in [-0.25, -0.2) is 0 Å². The van der Waals surface area contributed by atoms with Crippen molar-refractivity contribution in [3.63, 3.8) is 0 Å². The predicted octanol–water partition coefficient (Wildman–Crippen LogP) is 2.03. The quantitative estimate of drug-likeness (QED) is 0.755. The number of hydrogen-bond donors (Lipinski definition) is 1. The average Bonchev–Trinajstić information content (AvgIpc) is 3.26. The molecule has 7 nitrogen and oxygen atoms in total. The van der Waals surface area contributed by atoms with Crippen molar-refractivity contribution in [2.45, 2.75) is 25.5 Å². The van der Waals surface area contributed by atoms with Gasteiger partial charge in [0.1, 0.15) is 23.9 Å². The summed E-state index contributed by atoms with van der Waals surface area (Å²) >= 11 is 1.57. The molecule has 1 aromatic carbocycles. The van der Waals surface area contributed by atoms with Gasteiger partial charge < -0.3 is 19.9 Å². The third kappa shape index (κ3) is 3.30. The lowest BCUT2D eigenvalue weighted by Gasteiger charge is -2.31. The van der Waals surface area contributed by atoms with Crippen LogP contribution in [0.2, 0.25) is 0 Å². The molecule has 0 saturated carbocycles. The molecular weight excluding hydrogens is 338 g/mol. The van der Waals surface area contributed by atoms with E-state index in [0.717, 1.165) is 47.7 Å². The Hall–Kier alpha value is -2.61. The summed E-state index contributed by atoms with van der Waals surface area (Å²) in [5.74, 6) is 0.503. The highest BCUT2D eigenvalue weighted by molar-refractivity contribution is 7.13. The monoisotopic (exact) mass is 357 g/mol. The molecule has 130 valence electrons. The van der Waals surface area contributed by atoms with Crippen LogP contribution in [0, 0.1) is 0 Å². The number of nitrogens with two attached hydrogens (primary N) is 1. The van der Waals surface area contributed by atoms with E-state index in [9.17, 15) is 4.79 Å². The summed E-state index contributed by atoms with van der Waals surface area (Å²) in [6.45, 7) is 2.00. The molecule has 0 radical (unpaired) electrons. The average molecular weight is 357 g/mol. The molecule has 4 rings (SSSR count). The summed E-state index contributed by atoms with van der Waals surface area (Å²) in [4.78, 5) is 13.4. The van der Waals surface area contributed by atoms with Gasteiger partial charge in [-0.05, 0) is 18.2 Å². The lowest BCUT2D eigenvalue weighted by atomic mass is 10.1. The first-order chi connectivity index (χ1) is 12.2. The Morgan fingerprint density at radius 2 is 2.16 bits per heavy atom. The van der Waals surface area contributed by atoms with Crippen LogP contribution < -0.4 is 15.4 Å². The Balaban J connectivity index is 1.46. The van der Waals surface area contributed by atoms with Crippen LogP contribution in [-0.2, 0) is 11.3 Å². The Kier molecular flexibility index (Phi) is 4.27. The first-order valence-corrected chi connectivity index (χ1v) is 9.12. The molecule has 2 N–H and O–H groups in total. The molecule has 0 aliphatic carbocycles. The van der Waals surface area contributed by atoms with Crippen molar-refractivity contribution in [2.24, 2.45) is 5.73 Å². The van der Waals surface area contributed by atoms with E-state index in [-0.39, 0.29) is 18.6 Å². The number of nitrogens with zero attached hydrogens (tertiary/aromatic N) is 4. The van der Waals surface area contributed by atoms with E-state index < -0.39 is 0 Å². The number of ether oxygens (including phenoxy) is 1. The molecule has 25 heavy (non-hydrogen) atoms. The molecule has 1 aliphatic heterocycles. The van der Waals surface area contributed by atoms with E-state index in [0.29, 0.717) is 0 Å². The van der Waals surface area contributed by atoms with Crippen LogP contribution in [0.25, 0.3) is 10.9 Å². The number of carbonyl (C=O) groups excluding carboxylic acids is 1. The number of fused-ring (bicyclic) bond motifs is 1. The summed E-state index contributed by atoms with van der Waals surface area (Å²) in [7, 11) is 0. The standard InChI is InChI=1S/C17H19N5O2S/c18-16(23)10-22-9-6-13-14(22)2-1-3-15(13)24-12-4-7-21(8-5-12)17-20-19-11-25-17/h1-3,6,9,11-12H,4-5,7-8,10H2,(H2,18,23). The number of rotatable bonds is 5. The van der Waals surface area contributed by atoms with Gasteiger partial charge in [0.25, 0.3) is 0 Å². The summed E-state index contributed by atoms with van der Waals surface area (Å²) in [5.41, 5.74) is 8.03. The molecule has 1 amide bonds. The third-order valence-electron chi connectivity index (χ3n) is 4.45. The Bertz CT molecular complexity index is 868. The highest BCUT2D eigenvalue weighted by Gasteiger charge is 2.23. The second-order valence-electron chi connectivity index (χ2n) is 6.12. The number of anilines is 1. The molecule has 1 saturated heterocycles. The Labute approximate surface area is 149 Å².